The van der Waals surface area contributed by atoms with E-state index < -0.39 is 10.0 Å². The van der Waals surface area contributed by atoms with Crippen LogP contribution in [-0.4, -0.2) is 8.42 Å². The second-order valence-electron chi connectivity index (χ2n) is 4.10. The monoisotopic (exact) mass is 385 g/mol. The SMILES string of the molecule is N#Cc1ccc(Cl)c(S(=O)(=O)Nc2ccc(N)c(Br)c2)c1. The van der Waals surface area contributed by atoms with Crippen LogP contribution in [0.25, 0.3) is 0 Å². The van der Waals surface area contributed by atoms with Crippen LogP contribution >= 0.6 is 27.5 Å². The van der Waals surface area contributed by atoms with E-state index in [4.69, 9.17) is 22.6 Å². The number of nitrogens with one attached hydrogen (secondary N) is 1. The topological polar surface area (TPSA) is 96.0 Å². The lowest BCUT2D eigenvalue weighted by Crippen LogP contribution is -2.13. The predicted octanol–water partition coefficient (Wildman–Crippen LogP) is 3.36. The van der Waals surface area contributed by atoms with E-state index in [1.54, 1.807) is 6.07 Å². The standard InChI is InChI=1S/C13H9BrClN3O2S/c14-10-6-9(2-4-12(10)17)18-21(19,20)13-5-8(7-16)1-3-11(13)15/h1-6,18H,17H2. The summed E-state index contributed by atoms with van der Waals surface area (Å²) in [6.45, 7) is 0. The number of hydrogen-bond donors (Lipinski definition) is 2. The van der Waals surface area contributed by atoms with Crippen LogP contribution in [0.5, 0.6) is 0 Å². The highest BCUT2D eigenvalue weighted by Gasteiger charge is 2.19. The molecule has 0 heterocycles. The zero-order valence-electron chi connectivity index (χ0n) is 10.5. The Balaban J connectivity index is 2.43. The van der Waals surface area contributed by atoms with Gasteiger partial charge in [-0.3, -0.25) is 4.72 Å². The molecule has 0 amide bonds. The van der Waals surface area contributed by atoms with Gasteiger partial charge in [-0.1, -0.05) is 11.6 Å². The molecule has 8 heteroatoms. The molecule has 2 aromatic carbocycles. The molecule has 0 atom stereocenters. The number of sulfonamides is 1. The van der Waals surface area contributed by atoms with E-state index in [1.807, 2.05) is 6.07 Å². The van der Waals surface area contributed by atoms with Gasteiger partial charge in [0.25, 0.3) is 10.0 Å². The largest absolute Gasteiger partial charge is 0.398 e. The first-order valence-electron chi connectivity index (χ1n) is 5.61. The highest BCUT2D eigenvalue weighted by molar-refractivity contribution is 9.10. The van der Waals surface area contributed by atoms with Crippen molar-refractivity contribution in [1.82, 2.24) is 0 Å². The smallest absolute Gasteiger partial charge is 0.263 e. The fourth-order valence-electron chi connectivity index (χ4n) is 1.58. The Morgan fingerprint density at radius 3 is 2.57 bits per heavy atom. The van der Waals surface area contributed by atoms with Crippen LogP contribution in [0, 0.1) is 11.3 Å². The molecule has 21 heavy (non-hydrogen) atoms. The maximum absolute atomic E-state index is 12.3. The maximum Gasteiger partial charge on any atom is 0.263 e. The second kappa shape index (κ2) is 5.93. The van der Waals surface area contributed by atoms with Crippen molar-refractivity contribution in [3.63, 3.8) is 0 Å². The van der Waals surface area contributed by atoms with Gasteiger partial charge >= 0.3 is 0 Å². The molecule has 0 aromatic heterocycles. The summed E-state index contributed by atoms with van der Waals surface area (Å²) in [5.74, 6) is 0. The van der Waals surface area contributed by atoms with E-state index >= 15 is 0 Å². The molecule has 2 rings (SSSR count). The van der Waals surface area contributed by atoms with Crippen molar-refractivity contribution in [1.29, 1.82) is 5.26 Å². The van der Waals surface area contributed by atoms with Crippen LogP contribution in [0.2, 0.25) is 5.02 Å². The maximum atomic E-state index is 12.3. The van der Waals surface area contributed by atoms with Gasteiger partial charge in [0.15, 0.2) is 0 Å². The van der Waals surface area contributed by atoms with Crippen LogP contribution in [0.15, 0.2) is 45.8 Å². The summed E-state index contributed by atoms with van der Waals surface area (Å²) in [5.41, 5.74) is 6.67. The molecule has 0 saturated carbocycles. The first-order valence-corrected chi connectivity index (χ1v) is 8.26. The van der Waals surface area contributed by atoms with Gasteiger partial charge in [-0.2, -0.15) is 5.26 Å². The molecule has 3 N–H and O–H groups in total. The minimum Gasteiger partial charge on any atom is -0.398 e. The van der Waals surface area contributed by atoms with Gasteiger partial charge in [0.1, 0.15) is 4.90 Å². The van der Waals surface area contributed by atoms with Crippen LogP contribution in [-0.2, 0) is 10.0 Å². The number of benzene rings is 2. The number of anilines is 2. The molecule has 5 nitrogen and oxygen atoms in total. The molecule has 0 aliphatic rings. The molecule has 0 bridgehead atoms. The van der Waals surface area contributed by atoms with Gasteiger partial charge < -0.3 is 5.73 Å². The predicted molar refractivity (Wildman–Crippen MR) is 85.5 cm³/mol. The highest BCUT2D eigenvalue weighted by Crippen LogP contribution is 2.27. The fraction of sp³-hybridized carbons (Fsp3) is 0. The third kappa shape index (κ3) is 3.47. The van der Waals surface area contributed by atoms with Gasteiger partial charge in [0.05, 0.1) is 22.3 Å². The van der Waals surface area contributed by atoms with E-state index in [0.717, 1.165) is 0 Å². The van der Waals surface area contributed by atoms with E-state index in [-0.39, 0.29) is 15.5 Å². The van der Waals surface area contributed by atoms with Gasteiger partial charge in [-0.15, -0.1) is 0 Å². The summed E-state index contributed by atoms with van der Waals surface area (Å²) in [4.78, 5) is -0.156. The molecule has 0 radical (unpaired) electrons. The van der Waals surface area contributed by atoms with Crippen molar-refractivity contribution >= 4 is 48.9 Å². The molecule has 2 aromatic rings. The van der Waals surface area contributed by atoms with Crippen LogP contribution in [0.4, 0.5) is 11.4 Å². The van der Waals surface area contributed by atoms with Crippen molar-refractivity contribution in [3.05, 3.63) is 51.5 Å². The van der Waals surface area contributed by atoms with Crippen molar-refractivity contribution in [3.8, 4) is 6.07 Å². The van der Waals surface area contributed by atoms with Gasteiger partial charge in [-0.25, -0.2) is 8.42 Å². The van der Waals surface area contributed by atoms with E-state index in [1.165, 1.54) is 30.3 Å². The van der Waals surface area contributed by atoms with Gasteiger partial charge in [0.2, 0.25) is 0 Å². The normalized spacial score (nSPS) is 10.9. The number of rotatable bonds is 3. The van der Waals surface area contributed by atoms with Crippen LogP contribution in [0.3, 0.4) is 0 Å². The Labute approximate surface area is 135 Å². The van der Waals surface area contributed by atoms with E-state index in [0.29, 0.717) is 15.8 Å². The summed E-state index contributed by atoms with van der Waals surface area (Å²) in [6, 6.07) is 10.5. The summed E-state index contributed by atoms with van der Waals surface area (Å²) < 4.78 is 27.6. The van der Waals surface area contributed by atoms with Gasteiger partial charge in [-0.05, 0) is 52.3 Å². The second-order valence-corrected chi connectivity index (χ2v) is 7.01. The molecule has 0 fully saturated rings. The molecular weight excluding hydrogens is 378 g/mol. The first kappa shape index (κ1) is 15.6. The third-order valence-corrected chi connectivity index (χ3v) is 5.15. The molecule has 0 spiro atoms. The molecule has 0 unspecified atom stereocenters. The summed E-state index contributed by atoms with van der Waals surface area (Å²) in [6.07, 6.45) is 0. The Morgan fingerprint density at radius 2 is 1.95 bits per heavy atom. The average molecular weight is 387 g/mol. The average Bonchev–Trinajstić information content (AvgIpc) is 2.43. The lowest BCUT2D eigenvalue weighted by molar-refractivity contribution is 0.601. The summed E-state index contributed by atoms with van der Waals surface area (Å²) in [5, 5.41) is 8.88. The van der Waals surface area contributed by atoms with Crippen molar-refractivity contribution < 1.29 is 8.42 Å². The summed E-state index contributed by atoms with van der Waals surface area (Å²) in [7, 11) is -3.90. The Kier molecular flexibility index (Phi) is 4.42. The first-order chi connectivity index (χ1) is 9.83. The number of hydrogen-bond acceptors (Lipinski definition) is 4. The number of nitrogens with two attached hydrogens (primary N) is 1. The number of halogens is 2. The van der Waals surface area contributed by atoms with E-state index in [2.05, 4.69) is 20.7 Å². The minimum absolute atomic E-state index is 0.0380. The highest BCUT2D eigenvalue weighted by atomic mass is 79.9. The zero-order valence-corrected chi connectivity index (χ0v) is 13.6. The van der Waals surface area contributed by atoms with Crippen LogP contribution in [0.1, 0.15) is 5.56 Å². The number of nitrogen functional groups attached to an aromatic ring is 1. The lowest BCUT2D eigenvalue weighted by Gasteiger charge is -2.10. The number of nitriles is 1. The fourth-order valence-corrected chi connectivity index (χ4v) is 3.53. The Hall–Kier alpha value is -1.75. The van der Waals surface area contributed by atoms with Crippen molar-refractivity contribution in [2.24, 2.45) is 0 Å². The Bertz CT molecular complexity index is 847. The summed E-state index contributed by atoms with van der Waals surface area (Å²) >= 11 is 9.12. The van der Waals surface area contributed by atoms with Gasteiger partial charge in [0, 0.05) is 10.2 Å². The number of nitrogens with zero attached hydrogens (tertiary/aromatic N) is 1. The zero-order chi connectivity index (χ0) is 15.6. The van der Waals surface area contributed by atoms with Crippen LogP contribution < -0.4 is 10.5 Å². The lowest BCUT2D eigenvalue weighted by atomic mass is 10.2. The Morgan fingerprint density at radius 1 is 1.24 bits per heavy atom. The third-order valence-electron chi connectivity index (χ3n) is 2.60. The minimum atomic E-state index is -3.90. The van der Waals surface area contributed by atoms with Crippen molar-refractivity contribution in [2.45, 2.75) is 4.90 Å². The molecule has 108 valence electrons. The molecule has 0 aliphatic carbocycles. The quantitative estimate of drug-likeness (QED) is 0.791. The molecular formula is C13H9BrClN3O2S. The molecule has 0 aliphatic heterocycles. The van der Waals surface area contributed by atoms with Crippen molar-refractivity contribution in [2.75, 3.05) is 10.5 Å². The molecule has 0 saturated heterocycles. The van der Waals surface area contributed by atoms with E-state index in [9.17, 15) is 8.42 Å².